The molecule has 1 saturated carbocycles. The molecule has 0 aromatic carbocycles. The Bertz CT molecular complexity index is 1140. The fraction of sp³-hybridized carbons (Fsp3) is 0.963. The van der Waals surface area contributed by atoms with Crippen molar-refractivity contribution >= 4 is 5.91 Å². The van der Waals surface area contributed by atoms with Crippen LogP contribution in [-0.2, 0) is 33.2 Å². The summed E-state index contributed by atoms with van der Waals surface area (Å²) in [6, 6.07) is -5.53. The molecule has 0 bridgehead atoms. The van der Waals surface area contributed by atoms with E-state index in [0.29, 0.717) is 0 Å². The number of aliphatic hydroxyl groups is 8. The van der Waals surface area contributed by atoms with Gasteiger partial charge in [0.05, 0.1) is 31.3 Å². The molecule has 24 heteroatoms. The molecule has 4 fully saturated rings. The standard InChI is InChI=1S/C27H51F2N7O15/c28-27(29,5-32)22(44)23(45)36-7-1-6(33)19(49-24-11(34)16(41)14(39)8(2-30)46-24)21(13(7)38)51-26-18(43)20(10(4-37)48-26)50-25-12(35)17(42)15(40)9(3-31)47-25/h6-22,24-26,37-44H,1-5,30-35H2,(H,36,45)/t6-,7+,8+,9-,10+,11+,12+,13-,14+,15+,16+,17+,18+,19+,20+,21+,22?,24+,25+,26-/m0/s1. The second kappa shape index (κ2) is 17.3. The molecular formula is C27H51F2N7O15. The molecule has 1 unspecified atom stereocenters. The maximum atomic E-state index is 14.0. The summed E-state index contributed by atoms with van der Waals surface area (Å²) in [5.74, 6) is -5.65. The van der Waals surface area contributed by atoms with Gasteiger partial charge in [-0.3, -0.25) is 4.79 Å². The summed E-state index contributed by atoms with van der Waals surface area (Å²) >= 11 is 0. The van der Waals surface area contributed by atoms with Gasteiger partial charge in [-0.15, -0.1) is 0 Å². The summed E-state index contributed by atoms with van der Waals surface area (Å²) in [6.07, 6.45) is -26.4. The largest absolute Gasteiger partial charge is 0.394 e. The maximum absolute atomic E-state index is 14.0. The minimum Gasteiger partial charge on any atom is -0.394 e. The van der Waals surface area contributed by atoms with E-state index >= 15 is 0 Å². The van der Waals surface area contributed by atoms with Gasteiger partial charge in [-0.25, -0.2) is 8.78 Å². The van der Waals surface area contributed by atoms with Crippen LogP contribution in [0, 0.1) is 0 Å². The highest BCUT2D eigenvalue weighted by Crippen LogP contribution is 2.35. The molecule has 0 aromatic heterocycles. The molecule has 21 N–H and O–H groups in total. The molecule has 1 amide bonds. The third-order valence-electron chi connectivity index (χ3n) is 9.57. The minimum atomic E-state index is -4.04. The number of halogens is 2. The number of ether oxygens (including phenoxy) is 6. The van der Waals surface area contributed by atoms with Gasteiger partial charge in [0, 0.05) is 19.1 Å². The number of alkyl halides is 2. The first-order chi connectivity index (χ1) is 23.9. The predicted octanol–water partition coefficient (Wildman–Crippen LogP) is -9.78. The average molecular weight is 752 g/mol. The molecule has 51 heavy (non-hydrogen) atoms. The highest BCUT2D eigenvalue weighted by Gasteiger charge is 2.55. The first-order valence-corrected chi connectivity index (χ1v) is 16.3. The Morgan fingerprint density at radius 1 is 0.725 bits per heavy atom. The number of rotatable bonds is 13. The Labute approximate surface area is 289 Å². The van der Waals surface area contributed by atoms with Crippen molar-refractivity contribution in [1.29, 1.82) is 0 Å². The molecule has 0 spiro atoms. The van der Waals surface area contributed by atoms with Crippen LogP contribution in [-0.4, -0.2) is 201 Å². The van der Waals surface area contributed by atoms with Gasteiger partial charge in [0.15, 0.2) is 25.0 Å². The van der Waals surface area contributed by atoms with Gasteiger partial charge < -0.3 is 109 Å². The van der Waals surface area contributed by atoms with Gasteiger partial charge in [-0.2, -0.15) is 0 Å². The Morgan fingerprint density at radius 2 is 1.20 bits per heavy atom. The number of carbonyl (C=O) groups excluding carboxylic acids is 1. The lowest BCUT2D eigenvalue weighted by molar-refractivity contribution is -0.307. The summed E-state index contributed by atoms with van der Waals surface area (Å²) in [6.45, 7) is -2.70. The molecular weight excluding hydrogens is 700 g/mol. The Kier molecular flexibility index (Phi) is 14.4. The van der Waals surface area contributed by atoms with Crippen LogP contribution in [0.3, 0.4) is 0 Å². The number of hydrogen-bond donors (Lipinski definition) is 15. The predicted molar refractivity (Wildman–Crippen MR) is 162 cm³/mol. The van der Waals surface area contributed by atoms with Gasteiger partial charge >= 0.3 is 0 Å². The van der Waals surface area contributed by atoms with Crippen molar-refractivity contribution in [2.75, 3.05) is 26.2 Å². The van der Waals surface area contributed by atoms with Crippen molar-refractivity contribution in [1.82, 2.24) is 5.32 Å². The number of nitrogens with two attached hydrogens (primary N) is 6. The lowest BCUT2D eigenvalue weighted by Gasteiger charge is -2.48. The molecule has 4 aliphatic rings. The number of aliphatic hydroxyl groups excluding tert-OH is 8. The monoisotopic (exact) mass is 751 g/mol. The average Bonchev–Trinajstić information content (AvgIpc) is 3.40. The van der Waals surface area contributed by atoms with Crippen LogP contribution in [0.1, 0.15) is 6.42 Å². The van der Waals surface area contributed by atoms with Gasteiger partial charge in [-0.1, -0.05) is 0 Å². The van der Waals surface area contributed by atoms with E-state index in [4.69, 9.17) is 62.8 Å². The fourth-order valence-corrected chi connectivity index (χ4v) is 6.42. The molecule has 4 rings (SSSR count). The normalized spacial score (nSPS) is 47.3. The third kappa shape index (κ3) is 8.76. The van der Waals surface area contributed by atoms with Crippen molar-refractivity contribution < 1.29 is 82.8 Å². The number of hydrogen-bond acceptors (Lipinski definition) is 21. The second-order valence-corrected chi connectivity index (χ2v) is 13.1. The van der Waals surface area contributed by atoms with Crippen molar-refractivity contribution in [3.8, 4) is 0 Å². The Balaban J connectivity index is 1.59. The lowest BCUT2D eigenvalue weighted by Crippen LogP contribution is -2.69. The molecule has 298 valence electrons. The second-order valence-electron chi connectivity index (χ2n) is 13.1. The van der Waals surface area contributed by atoms with Crippen LogP contribution in [0.2, 0.25) is 0 Å². The summed E-state index contributed by atoms with van der Waals surface area (Å²) in [7, 11) is 0. The molecule has 0 aromatic rings. The van der Waals surface area contributed by atoms with E-state index in [1.54, 1.807) is 0 Å². The maximum Gasteiger partial charge on any atom is 0.294 e. The van der Waals surface area contributed by atoms with E-state index in [1.807, 2.05) is 0 Å². The first kappa shape index (κ1) is 42.3. The molecule has 20 atom stereocenters. The van der Waals surface area contributed by atoms with Gasteiger partial charge in [0.1, 0.15) is 73.2 Å². The Hall–Kier alpha value is -1.47. The lowest BCUT2D eigenvalue weighted by atomic mass is 9.83. The Morgan fingerprint density at radius 3 is 1.67 bits per heavy atom. The zero-order valence-corrected chi connectivity index (χ0v) is 27.2. The quantitative estimate of drug-likeness (QED) is 0.0830. The molecule has 1 aliphatic carbocycles. The van der Waals surface area contributed by atoms with Crippen molar-refractivity contribution in [2.45, 2.75) is 135 Å². The number of nitrogens with one attached hydrogen (secondary N) is 1. The van der Waals surface area contributed by atoms with Crippen LogP contribution < -0.4 is 39.7 Å². The fourth-order valence-electron chi connectivity index (χ4n) is 6.42. The highest BCUT2D eigenvalue weighted by atomic mass is 19.3. The molecule has 3 saturated heterocycles. The zero-order valence-electron chi connectivity index (χ0n) is 27.2. The van der Waals surface area contributed by atoms with Gasteiger partial charge in [0.25, 0.3) is 11.8 Å². The molecule has 0 radical (unpaired) electrons. The van der Waals surface area contributed by atoms with Crippen LogP contribution in [0.15, 0.2) is 0 Å². The van der Waals surface area contributed by atoms with Crippen LogP contribution in [0.5, 0.6) is 0 Å². The van der Waals surface area contributed by atoms with Gasteiger partial charge in [-0.05, 0) is 6.42 Å². The summed E-state index contributed by atoms with van der Waals surface area (Å²) in [4.78, 5) is 12.6. The van der Waals surface area contributed by atoms with E-state index in [2.05, 4.69) is 5.32 Å². The minimum absolute atomic E-state index is 0.250. The summed E-state index contributed by atoms with van der Waals surface area (Å²) < 4.78 is 62.6. The van der Waals surface area contributed by atoms with Crippen LogP contribution >= 0.6 is 0 Å². The van der Waals surface area contributed by atoms with Crippen molar-refractivity contribution in [3.63, 3.8) is 0 Å². The van der Waals surface area contributed by atoms with E-state index in [9.17, 15) is 54.4 Å². The molecule has 3 heterocycles. The molecule has 3 aliphatic heterocycles. The smallest absolute Gasteiger partial charge is 0.294 e. The first-order valence-electron chi connectivity index (χ1n) is 16.3. The highest BCUT2D eigenvalue weighted by molar-refractivity contribution is 5.82. The summed E-state index contributed by atoms with van der Waals surface area (Å²) in [5.41, 5.74) is 34.6. The zero-order chi connectivity index (χ0) is 38.1. The van der Waals surface area contributed by atoms with Crippen LogP contribution in [0.4, 0.5) is 8.78 Å². The number of carbonyl (C=O) groups is 1. The van der Waals surface area contributed by atoms with Crippen LogP contribution in [0.25, 0.3) is 0 Å². The number of amides is 1. The SMILES string of the molecule is NC[C@@H]1O[C@H](O[C@H]2[C@@H](O)[C@H](O[C@@H]3[C@@H](O)[C@H](NC(=O)C(O)C(F)(F)CN)C[C@H](N)[C@H]3O[C@H]3O[C@H](CN)[C@@H](O)[C@H](O)[C@H]3N)O[C@@H]2CO)[C@H](N)[C@@H](O)[C@@H]1O. The molecule has 22 nitrogen and oxygen atoms in total. The van der Waals surface area contributed by atoms with E-state index in [-0.39, 0.29) is 13.1 Å². The third-order valence-corrected chi connectivity index (χ3v) is 9.57. The van der Waals surface area contributed by atoms with Crippen molar-refractivity contribution in [2.24, 2.45) is 34.4 Å². The topological polar surface area (TPSA) is 402 Å². The summed E-state index contributed by atoms with van der Waals surface area (Å²) in [5, 5.41) is 86.1. The van der Waals surface area contributed by atoms with E-state index in [1.165, 1.54) is 0 Å². The van der Waals surface area contributed by atoms with E-state index < -0.39 is 154 Å². The van der Waals surface area contributed by atoms with E-state index in [0.717, 1.165) is 0 Å². The van der Waals surface area contributed by atoms with Gasteiger partial charge in [0.2, 0.25) is 0 Å². The van der Waals surface area contributed by atoms with Crippen molar-refractivity contribution in [3.05, 3.63) is 0 Å².